The summed E-state index contributed by atoms with van der Waals surface area (Å²) in [6, 6.07) is 15.2. The van der Waals surface area contributed by atoms with Crippen molar-refractivity contribution in [1.29, 1.82) is 0 Å². The zero-order valence-electron chi connectivity index (χ0n) is 13.9. The van der Waals surface area contributed by atoms with Gasteiger partial charge in [-0.15, -0.1) is 0 Å². The lowest BCUT2D eigenvalue weighted by Gasteiger charge is -2.18. The number of nitrogens with one attached hydrogen (secondary N) is 1. The minimum absolute atomic E-state index is 0.0505. The molecule has 2 aromatic rings. The first-order valence-electron chi connectivity index (χ1n) is 7.47. The lowest BCUT2D eigenvalue weighted by atomic mass is 9.95. The minimum atomic E-state index is -0.468. The fourth-order valence-electron chi connectivity index (χ4n) is 1.83. The van der Waals surface area contributed by atoms with E-state index in [9.17, 15) is 4.79 Å². The molecule has 3 heteroatoms. The zero-order valence-corrected chi connectivity index (χ0v) is 13.9. The van der Waals surface area contributed by atoms with Gasteiger partial charge >= 0.3 is 0 Å². The third kappa shape index (κ3) is 4.62. The number of methoxy groups -OCH3 is 1. The maximum atomic E-state index is 12.2. The summed E-state index contributed by atoms with van der Waals surface area (Å²) in [5, 5.41) is 2.94. The van der Waals surface area contributed by atoms with Gasteiger partial charge in [-0.1, -0.05) is 50.8 Å². The van der Waals surface area contributed by atoms with Crippen LogP contribution in [-0.2, 0) is 4.79 Å². The van der Waals surface area contributed by atoms with E-state index in [2.05, 4.69) is 17.2 Å². The van der Waals surface area contributed by atoms with Crippen molar-refractivity contribution >= 4 is 11.6 Å². The van der Waals surface area contributed by atoms with Gasteiger partial charge in [0.1, 0.15) is 5.75 Å². The normalized spacial score (nSPS) is 10.4. The van der Waals surface area contributed by atoms with Crippen molar-refractivity contribution in [1.82, 2.24) is 0 Å². The van der Waals surface area contributed by atoms with Crippen molar-refractivity contribution in [3.8, 4) is 17.6 Å². The highest BCUT2D eigenvalue weighted by molar-refractivity contribution is 5.95. The average Bonchev–Trinajstić information content (AvgIpc) is 2.54. The van der Waals surface area contributed by atoms with Crippen LogP contribution < -0.4 is 10.1 Å². The second-order valence-corrected chi connectivity index (χ2v) is 6.23. The lowest BCUT2D eigenvalue weighted by Crippen LogP contribution is -2.27. The highest BCUT2D eigenvalue weighted by Gasteiger charge is 2.22. The van der Waals surface area contributed by atoms with Crippen LogP contribution in [0.2, 0.25) is 0 Å². The number of carbonyl (C=O) groups is 1. The van der Waals surface area contributed by atoms with Gasteiger partial charge in [0.05, 0.1) is 18.4 Å². The summed E-state index contributed by atoms with van der Waals surface area (Å²) in [5.74, 6) is 6.88. The van der Waals surface area contributed by atoms with Gasteiger partial charge < -0.3 is 10.1 Å². The van der Waals surface area contributed by atoms with E-state index in [4.69, 9.17) is 4.74 Å². The van der Waals surface area contributed by atoms with Gasteiger partial charge in [0.2, 0.25) is 5.91 Å². The summed E-state index contributed by atoms with van der Waals surface area (Å²) >= 11 is 0. The van der Waals surface area contributed by atoms with Crippen LogP contribution in [0.25, 0.3) is 0 Å². The molecule has 1 amide bonds. The molecular weight excluding hydrogens is 286 g/mol. The molecular formula is C20H21NO2. The molecule has 0 atom stereocenters. The van der Waals surface area contributed by atoms with Gasteiger partial charge in [0, 0.05) is 11.0 Å². The molecule has 0 saturated heterocycles. The Morgan fingerprint density at radius 3 is 2.35 bits per heavy atom. The number of carbonyl (C=O) groups excluding carboxylic acids is 1. The summed E-state index contributed by atoms with van der Waals surface area (Å²) in [6.45, 7) is 5.63. The van der Waals surface area contributed by atoms with Crippen LogP contribution in [0.5, 0.6) is 5.75 Å². The Morgan fingerprint density at radius 1 is 1.04 bits per heavy atom. The molecule has 0 saturated carbocycles. The third-order valence-electron chi connectivity index (χ3n) is 3.27. The number of rotatable bonds is 2. The first kappa shape index (κ1) is 16.6. The monoisotopic (exact) mass is 307 g/mol. The van der Waals surface area contributed by atoms with Crippen molar-refractivity contribution in [3.63, 3.8) is 0 Å². The summed E-state index contributed by atoms with van der Waals surface area (Å²) in [6.07, 6.45) is 0. The molecule has 2 aromatic carbocycles. The van der Waals surface area contributed by atoms with Crippen LogP contribution in [0.4, 0.5) is 5.69 Å². The zero-order chi connectivity index (χ0) is 16.9. The largest absolute Gasteiger partial charge is 0.497 e. The van der Waals surface area contributed by atoms with E-state index < -0.39 is 5.41 Å². The summed E-state index contributed by atoms with van der Waals surface area (Å²) in [7, 11) is 1.61. The first-order valence-corrected chi connectivity index (χ1v) is 7.47. The Balaban J connectivity index is 2.36. The van der Waals surface area contributed by atoms with Crippen LogP contribution in [0, 0.1) is 17.3 Å². The van der Waals surface area contributed by atoms with E-state index in [1.807, 2.05) is 69.3 Å². The molecule has 0 heterocycles. The van der Waals surface area contributed by atoms with Crippen LogP contribution in [0.15, 0.2) is 48.5 Å². The Bertz CT molecular complexity index is 747. The number of hydrogen-bond acceptors (Lipinski definition) is 2. The molecule has 1 N–H and O–H groups in total. The summed E-state index contributed by atoms with van der Waals surface area (Å²) in [4.78, 5) is 12.2. The Labute approximate surface area is 137 Å². The first-order chi connectivity index (χ1) is 10.9. The van der Waals surface area contributed by atoms with Crippen LogP contribution in [0.1, 0.15) is 31.9 Å². The molecule has 0 radical (unpaired) electrons. The van der Waals surface area contributed by atoms with Gasteiger partial charge in [-0.25, -0.2) is 0 Å². The fraction of sp³-hybridized carbons (Fsp3) is 0.250. The number of hydrogen-bond donors (Lipinski definition) is 1. The SMILES string of the molecule is COc1ccc(NC(=O)C(C)(C)C)c(C#Cc2ccccc2)c1. The number of anilines is 1. The summed E-state index contributed by atoms with van der Waals surface area (Å²) < 4.78 is 5.25. The number of benzene rings is 2. The number of amides is 1. The van der Waals surface area contributed by atoms with Crippen molar-refractivity contribution < 1.29 is 9.53 Å². The molecule has 0 aliphatic rings. The van der Waals surface area contributed by atoms with Crippen LogP contribution >= 0.6 is 0 Å². The average molecular weight is 307 g/mol. The molecule has 0 spiro atoms. The van der Waals surface area contributed by atoms with Gasteiger partial charge in [-0.05, 0) is 30.3 Å². The van der Waals surface area contributed by atoms with E-state index in [0.29, 0.717) is 11.4 Å². The molecule has 118 valence electrons. The molecule has 0 unspecified atom stereocenters. The van der Waals surface area contributed by atoms with E-state index in [1.165, 1.54) is 0 Å². The van der Waals surface area contributed by atoms with Gasteiger partial charge in [0.15, 0.2) is 0 Å². The molecule has 2 rings (SSSR count). The Kier molecular flexibility index (Phi) is 5.08. The lowest BCUT2D eigenvalue weighted by molar-refractivity contribution is -0.123. The van der Waals surface area contributed by atoms with Gasteiger partial charge in [0.25, 0.3) is 0 Å². The molecule has 0 aliphatic heterocycles. The molecule has 3 nitrogen and oxygen atoms in total. The minimum Gasteiger partial charge on any atom is -0.497 e. The molecule has 0 aromatic heterocycles. The number of ether oxygens (including phenoxy) is 1. The van der Waals surface area contributed by atoms with E-state index in [1.54, 1.807) is 7.11 Å². The van der Waals surface area contributed by atoms with Crippen molar-refractivity contribution in [3.05, 3.63) is 59.7 Å². The molecule has 0 bridgehead atoms. The quantitative estimate of drug-likeness (QED) is 0.849. The van der Waals surface area contributed by atoms with Gasteiger partial charge in [-0.2, -0.15) is 0 Å². The predicted octanol–water partition coefficient (Wildman–Crippen LogP) is 4.08. The maximum Gasteiger partial charge on any atom is 0.229 e. The topological polar surface area (TPSA) is 38.3 Å². The maximum absolute atomic E-state index is 12.2. The van der Waals surface area contributed by atoms with Gasteiger partial charge in [-0.3, -0.25) is 4.79 Å². The standard InChI is InChI=1S/C20H21NO2/c1-20(2,3)19(22)21-18-13-12-17(23-4)14-16(18)11-10-15-8-6-5-7-9-15/h5-9,12-14H,1-4H3,(H,21,22). The van der Waals surface area contributed by atoms with E-state index in [-0.39, 0.29) is 5.91 Å². The third-order valence-corrected chi connectivity index (χ3v) is 3.27. The van der Waals surface area contributed by atoms with Crippen molar-refractivity contribution in [2.24, 2.45) is 5.41 Å². The molecule has 0 aliphatic carbocycles. The van der Waals surface area contributed by atoms with Crippen molar-refractivity contribution in [2.75, 3.05) is 12.4 Å². The highest BCUT2D eigenvalue weighted by Crippen LogP contribution is 2.24. The fourth-order valence-corrected chi connectivity index (χ4v) is 1.83. The predicted molar refractivity (Wildman–Crippen MR) is 93.5 cm³/mol. The molecule has 23 heavy (non-hydrogen) atoms. The highest BCUT2D eigenvalue weighted by atomic mass is 16.5. The second kappa shape index (κ2) is 7.02. The van der Waals surface area contributed by atoms with Crippen LogP contribution in [-0.4, -0.2) is 13.0 Å². The van der Waals surface area contributed by atoms with Crippen LogP contribution in [0.3, 0.4) is 0 Å². The molecule has 0 fully saturated rings. The Morgan fingerprint density at radius 2 is 1.74 bits per heavy atom. The smallest absolute Gasteiger partial charge is 0.229 e. The van der Waals surface area contributed by atoms with E-state index in [0.717, 1.165) is 11.1 Å². The van der Waals surface area contributed by atoms with Crippen molar-refractivity contribution in [2.45, 2.75) is 20.8 Å². The summed E-state index contributed by atoms with van der Waals surface area (Å²) in [5.41, 5.74) is 1.87. The second-order valence-electron chi connectivity index (χ2n) is 6.23. The van der Waals surface area contributed by atoms with E-state index >= 15 is 0 Å². The Hall–Kier alpha value is -2.73.